The summed E-state index contributed by atoms with van der Waals surface area (Å²) in [6.45, 7) is 1.95. The van der Waals surface area contributed by atoms with E-state index in [2.05, 4.69) is 20.0 Å². The Bertz CT molecular complexity index is 391. The average molecular weight is 210 g/mol. The number of carbonyl (C=O) groups is 1. The summed E-state index contributed by atoms with van der Waals surface area (Å²) in [7, 11) is 0. The van der Waals surface area contributed by atoms with Crippen molar-refractivity contribution in [2.45, 2.75) is 6.92 Å². The van der Waals surface area contributed by atoms with E-state index in [-0.39, 0.29) is 24.0 Å². The Morgan fingerprint density at radius 2 is 2.47 bits per heavy atom. The molecular formula is C8H10N4O3. The number of anilines is 1. The molecule has 0 saturated heterocycles. The van der Waals surface area contributed by atoms with Crippen molar-refractivity contribution in [2.75, 3.05) is 12.3 Å². The lowest BCUT2D eigenvalue weighted by molar-refractivity contribution is -0.129. The number of rotatable bonds is 4. The van der Waals surface area contributed by atoms with Crippen LogP contribution in [0.25, 0.3) is 0 Å². The lowest BCUT2D eigenvalue weighted by atomic mass is 10.3. The smallest absolute Gasteiger partial charge is 0.361 e. The molecule has 1 aromatic rings. The zero-order valence-electron chi connectivity index (χ0n) is 8.04. The number of aliphatic carboxylic acids is 1. The summed E-state index contributed by atoms with van der Waals surface area (Å²) >= 11 is 0. The van der Waals surface area contributed by atoms with Gasteiger partial charge in [0.05, 0.1) is 0 Å². The fourth-order valence-corrected chi connectivity index (χ4v) is 0.791. The Morgan fingerprint density at radius 3 is 3.00 bits per heavy atom. The normalized spacial score (nSPS) is 11.1. The van der Waals surface area contributed by atoms with Crippen LogP contribution in [0.3, 0.4) is 0 Å². The maximum atomic E-state index is 10.8. The highest BCUT2D eigenvalue weighted by Gasteiger charge is 2.16. The van der Waals surface area contributed by atoms with Crippen molar-refractivity contribution < 1.29 is 14.7 Å². The molecule has 0 fully saturated rings. The number of nitrogen functional groups attached to an aromatic ring is 1. The first-order valence-electron chi connectivity index (χ1n) is 4.17. The van der Waals surface area contributed by atoms with Crippen molar-refractivity contribution in [3.05, 3.63) is 18.1 Å². The molecule has 80 valence electrons. The molecule has 0 saturated carbocycles. The van der Waals surface area contributed by atoms with Crippen molar-refractivity contribution in [3.8, 4) is 0 Å². The Kier molecular flexibility index (Phi) is 3.55. The Morgan fingerprint density at radius 1 is 1.73 bits per heavy atom. The molecule has 3 N–H and O–H groups in total. The Hall–Kier alpha value is -2.18. The van der Waals surface area contributed by atoms with E-state index in [0.717, 1.165) is 0 Å². The summed E-state index contributed by atoms with van der Waals surface area (Å²) in [6.07, 6.45) is 1.35. The van der Waals surface area contributed by atoms with Crippen LogP contribution in [0.15, 0.2) is 17.4 Å². The average Bonchev–Trinajstić information content (AvgIpc) is 2.18. The lowest BCUT2D eigenvalue weighted by Gasteiger charge is -2.00. The number of nitrogens with zero attached hydrogens (tertiary/aromatic N) is 3. The molecule has 0 amide bonds. The number of nitrogens with two attached hydrogens (primary N) is 1. The van der Waals surface area contributed by atoms with Crippen LogP contribution in [-0.2, 0) is 9.63 Å². The van der Waals surface area contributed by atoms with Crippen LogP contribution in [0.4, 0.5) is 5.82 Å². The number of hydrogen-bond donors (Lipinski definition) is 2. The van der Waals surface area contributed by atoms with Gasteiger partial charge in [-0.05, 0) is 13.0 Å². The number of carboxylic acid groups (broad SMARTS) is 1. The van der Waals surface area contributed by atoms with Crippen LogP contribution in [0.1, 0.15) is 12.7 Å². The Labute approximate surface area is 85.6 Å². The summed E-state index contributed by atoms with van der Waals surface area (Å²) in [5, 5.41) is 12.2. The van der Waals surface area contributed by atoms with E-state index in [1.54, 1.807) is 6.92 Å². The highest BCUT2D eigenvalue weighted by atomic mass is 16.6. The van der Waals surface area contributed by atoms with Crippen LogP contribution in [-0.4, -0.2) is 33.4 Å². The number of oxime groups is 1. The van der Waals surface area contributed by atoms with E-state index >= 15 is 0 Å². The third-order valence-electron chi connectivity index (χ3n) is 1.38. The predicted octanol–water partition coefficient (Wildman–Crippen LogP) is -0.116. The molecule has 0 spiro atoms. The zero-order chi connectivity index (χ0) is 11.3. The minimum absolute atomic E-state index is 0.0732. The molecule has 0 aliphatic heterocycles. The summed E-state index contributed by atoms with van der Waals surface area (Å²) < 4.78 is 0. The number of hydrogen-bond acceptors (Lipinski definition) is 6. The van der Waals surface area contributed by atoms with Gasteiger partial charge in [-0.1, -0.05) is 5.16 Å². The van der Waals surface area contributed by atoms with Crippen molar-refractivity contribution in [2.24, 2.45) is 5.16 Å². The van der Waals surface area contributed by atoms with Crippen LogP contribution in [0.5, 0.6) is 0 Å². The summed E-state index contributed by atoms with van der Waals surface area (Å²) in [5.74, 6) is -1.17. The lowest BCUT2D eigenvalue weighted by Crippen LogP contribution is -2.18. The molecule has 1 rings (SSSR count). The fraction of sp³-hybridized carbons (Fsp3) is 0.250. The Balaban J connectivity index is 3.04. The topological polar surface area (TPSA) is 111 Å². The first-order chi connectivity index (χ1) is 7.15. The van der Waals surface area contributed by atoms with Crippen molar-refractivity contribution in [1.29, 1.82) is 0 Å². The first-order valence-corrected chi connectivity index (χ1v) is 4.17. The van der Waals surface area contributed by atoms with Gasteiger partial charge in [-0.3, -0.25) is 0 Å². The zero-order valence-corrected chi connectivity index (χ0v) is 8.04. The van der Waals surface area contributed by atoms with E-state index in [4.69, 9.17) is 10.8 Å². The van der Waals surface area contributed by atoms with Crippen molar-refractivity contribution in [1.82, 2.24) is 9.97 Å². The minimum atomic E-state index is -1.27. The SMILES string of the molecule is CCON=C(C(=O)O)c1nccc(N)n1. The van der Waals surface area contributed by atoms with Gasteiger partial charge in [-0.15, -0.1) is 0 Å². The summed E-state index contributed by atoms with van der Waals surface area (Å²) in [6, 6.07) is 1.45. The van der Waals surface area contributed by atoms with E-state index in [1.165, 1.54) is 12.3 Å². The molecule has 0 aliphatic rings. The van der Waals surface area contributed by atoms with Gasteiger partial charge in [-0.25, -0.2) is 14.8 Å². The highest BCUT2D eigenvalue weighted by Crippen LogP contribution is 1.99. The minimum Gasteiger partial charge on any atom is -0.476 e. The second-order valence-electron chi connectivity index (χ2n) is 2.47. The van der Waals surface area contributed by atoms with Gasteiger partial charge in [0, 0.05) is 6.20 Å². The standard InChI is InChI=1S/C8H10N4O3/c1-2-15-12-6(8(13)14)7-10-4-3-5(9)11-7/h3-4H,2H2,1H3,(H,13,14)(H2,9,10,11). The molecule has 1 aromatic heterocycles. The molecule has 15 heavy (non-hydrogen) atoms. The van der Waals surface area contributed by atoms with Gasteiger partial charge in [0.15, 0.2) is 5.82 Å². The van der Waals surface area contributed by atoms with Gasteiger partial charge in [0.1, 0.15) is 12.4 Å². The second kappa shape index (κ2) is 4.89. The van der Waals surface area contributed by atoms with Gasteiger partial charge < -0.3 is 15.7 Å². The van der Waals surface area contributed by atoms with Crippen LogP contribution < -0.4 is 5.73 Å². The maximum Gasteiger partial charge on any atom is 0.361 e. The monoisotopic (exact) mass is 210 g/mol. The second-order valence-corrected chi connectivity index (χ2v) is 2.47. The van der Waals surface area contributed by atoms with E-state index in [1.807, 2.05) is 0 Å². The number of carboxylic acids is 1. The molecule has 0 aliphatic carbocycles. The molecule has 1 heterocycles. The van der Waals surface area contributed by atoms with Crippen LogP contribution in [0, 0.1) is 0 Å². The third kappa shape index (κ3) is 2.90. The molecule has 0 atom stereocenters. The fourth-order valence-electron chi connectivity index (χ4n) is 0.791. The summed E-state index contributed by atoms with van der Waals surface area (Å²) in [4.78, 5) is 22.9. The highest BCUT2D eigenvalue weighted by molar-refractivity contribution is 6.41. The first kappa shape index (κ1) is 10.9. The van der Waals surface area contributed by atoms with Crippen molar-refractivity contribution >= 4 is 17.5 Å². The maximum absolute atomic E-state index is 10.8. The molecule has 0 radical (unpaired) electrons. The van der Waals surface area contributed by atoms with Gasteiger partial charge in [0.25, 0.3) is 0 Å². The molecule has 7 nitrogen and oxygen atoms in total. The molecule has 0 unspecified atom stereocenters. The van der Waals surface area contributed by atoms with Gasteiger partial charge >= 0.3 is 5.97 Å². The van der Waals surface area contributed by atoms with E-state index in [0.29, 0.717) is 0 Å². The third-order valence-corrected chi connectivity index (χ3v) is 1.38. The van der Waals surface area contributed by atoms with Gasteiger partial charge in [0.2, 0.25) is 5.71 Å². The van der Waals surface area contributed by atoms with E-state index < -0.39 is 5.97 Å². The van der Waals surface area contributed by atoms with Crippen molar-refractivity contribution in [3.63, 3.8) is 0 Å². The number of aromatic nitrogens is 2. The molecule has 0 aromatic carbocycles. The van der Waals surface area contributed by atoms with E-state index in [9.17, 15) is 4.79 Å². The largest absolute Gasteiger partial charge is 0.476 e. The van der Waals surface area contributed by atoms with Gasteiger partial charge in [-0.2, -0.15) is 0 Å². The van der Waals surface area contributed by atoms with Crippen LogP contribution >= 0.6 is 0 Å². The molecule has 0 bridgehead atoms. The van der Waals surface area contributed by atoms with Crippen LogP contribution in [0.2, 0.25) is 0 Å². The quantitative estimate of drug-likeness (QED) is 0.529. The summed E-state index contributed by atoms with van der Waals surface area (Å²) in [5.41, 5.74) is 5.01. The molecule has 7 heteroatoms. The molecular weight excluding hydrogens is 200 g/mol. The predicted molar refractivity (Wildman–Crippen MR) is 52.2 cm³/mol.